The molecule has 0 spiro atoms. The van der Waals surface area contributed by atoms with Gasteiger partial charge in [0.25, 0.3) is 5.91 Å². The number of carbonyl (C=O) groups is 3. The number of rotatable bonds is 15. The predicted octanol–water partition coefficient (Wildman–Crippen LogP) is 4.16. The zero-order valence-electron chi connectivity index (χ0n) is 25.3. The smallest absolute Gasteiger partial charge is 0.308 e. The van der Waals surface area contributed by atoms with E-state index in [9.17, 15) is 33.0 Å². The number of aliphatic hydroxyl groups is 1. The molecule has 0 aromatic heterocycles. The Bertz CT molecular complexity index is 1490. The first kappa shape index (κ1) is 34.4. The Labute approximate surface area is 259 Å². The van der Waals surface area contributed by atoms with Gasteiger partial charge in [-0.25, -0.2) is 0 Å². The highest BCUT2D eigenvalue weighted by Gasteiger charge is 2.41. The fourth-order valence-electron chi connectivity index (χ4n) is 4.80. The summed E-state index contributed by atoms with van der Waals surface area (Å²) in [5, 5.41) is 21.4. The number of carboxylic acid groups (broad SMARTS) is 1. The number of hydrogen-bond acceptors (Lipinski definition) is 6. The number of aliphatic hydroxyl groups excluding tert-OH is 1. The van der Waals surface area contributed by atoms with Crippen LogP contribution in [0.2, 0.25) is 0 Å². The minimum absolute atomic E-state index is 0.0480. The Morgan fingerprint density at radius 3 is 1.98 bits per heavy atom. The molecule has 2 atom stereocenters. The lowest BCUT2D eigenvalue weighted by Gasteiger charge is -2.35. The molecule has 2 unspecified atom stereocenters. The van der Waals surface area contributed by atoms with Crippen molar-refractivity contribution >= 4 is 33.7 Å². The molecule has 10 nitrogen and oxygen atoms in total. The van der Waals surface area contributed by atoms with Crippen LogP contribution in [-0.4, -0.2) is 55.6 Å². The minimum atomic E-state index is -4.45. The summed E-state index contributed by atoms with van der Waals surface area (Å²) in [6.07, 6.45) is 0.960. The molecule has 0 bridgehead atoms. The summed E-state index contributed by atoms with van der Waals surface area (Å²) in [5.41, 5.74) is 2.32. The van der Waals surface area contributed by atoms with Gasteiger partial charge in [-0.3, -0.25) is 14.4 Å². The van der Waals surface area contributed by atoms with E-state index in [1.54, 1.807) is 39.0 Å². The van der Waals surface area contributed by atoms with Gasteiger partial charge in [-0.05, 0) is 53.5 Å². The first-order valence-electron chi connectivity index (χ1n) is 14.5. The van der Waals surface area contributed by atoms with E-state index in [-0.39, 0.29) is 18.7 Å². The van der Waals surface area contributed by atoms with Crippen molar-refractivity contribution in [3.05, 3.63) is 90.5 Å². The molecule has 3 aromatic carbocycles. The number of aryl methyl sites for hydroxylation is 1. The molecule has 4 N–H and O–H groups in total. The summed E-state index contributed by atoms with van der Waals surface area (Å²) in [6, 6.07) is 24.4. The van der Waals surface area contributed by atoms with E-state index in [0.717, 1.165) is 16.7 Å². The molecule has 3 aromatic rings. The molecule has 236 valence electrons. The van der Waals surface area contributed by atoms with Crippen LogP contribution in [-0.2, 0) is 31.0 Å². The number of carboxylic acids is 1. The monoisotopic (exact) mass is 623 g/mol. The number of aliphatic carboxylic acids is 1. The number of anilines is 1. The van der Waals surface area contributed by atoms with E-state index < -0.39 is 58.4 Å². The van der Waals surface area contributed by atoms with Crippen LogP contribution < -0.4 is 14.3 Å². The number of carbonyl (C=O) groups excluding carboxylic acids is 2. The second-order valence-corrected chi connectivity index (χ2v) is 13.2. The predicted molar refractivity (Wildman–Crippen MR) is 170 cm³/mol. The average molecular weight is 624 g/mol. The Kier molecular flexibility index (Phi) is 12.2. The number of amides is 2. The van der Waals surface area contributed by atoms with E-state index in [1.165, 1.54) is 12.1 Å². The minimum Gasteiger partial charge on any atom is -0.481 e. The molecule has 0 radical (unpaired) electrons. The molecular formula is C33H41N3O7S. The number of benzene rings is 3. The molecular weight excluding hydrogens is 582 g/mol. The topological polar surface area (TPSA) is 153 Å². The van der Waals surface area contributed by atoms with Crippen molar-refractivity contribution in [3.8, 4) is 11.1 Å². The van der Waals surface area contributed by atoms with Crippen LogP contribution in [0.25, 0.3) is 11.1 Å². The lowest BCUT2D eigenvalue weighted by atomic mass is 9.85. The highest BCUT2D eigenvalue weighted by atomic mass is 32.2. The first-order valence-corrected chi connectivity index (χ1v) is 15.9. The van der Waals surface area contributed by atoms with Gasteiger partial charge in [-0.15, -0.1) is 0 Å². The maximum absolute atomic E-state index is 13.9. The molecule has 44 heavy (non-hydrogen) atoms. The van der Waals surface area contributed by atoms with Crippen LogP contribution in [0.4, 0.5) is 5.69 Å². The first-order chi connectivity index (χ1) is 20.8. The van der Waals surface area contributed by atoms with Gasteiger partial charge in [0, 0.05) is 12.5 Å². The SMILES string of the molecule is CC(C)(C)C(NC(=O)C(CCCc1ccc(-c2ccccc2)cc1)CC(=O)O)C(=O)N(c1ccccc1)S(=O)(=O)NCCO. The average Bonchev–Trinajstić information content (AvgIpc) is 2.98. The third-order valence-electron chi connectivity index (χ3n) is 7.10. The van der Waals surface area contributed by atoms with Crippen LogP contribution in [0.3, 0.4) is 0 Å². The number of nitrogens with zero attached hydrogens (tertiary/aromatic N) is 1. The van der Waals surface area contributed by atoms with Crippen molar-refractivity contribution in [2.24, 2.45) is 11.3 Å². The van der Waals surface area contributed by atoms with Gasteiger partial charge in [-0.2, -0.15) is 17.4 Å². The van der Waals surface area contributed by atoms with E-state index in [1.807, 2.05) is 54.6 Å². The number of nitrogens with one attached hydrogen (secondary N) is 2. The fraction of sp³-hybridized carbons (Fsp3) is 0.364. The molecule has 2 amide bonds. The zero-order valence-corrected chi connectivity index (χ0v) is 26.1. The maximum atomic E-state index is 13.9. The third kappa shape index (κ3) is 9.73. The lowest BCUT2D eigenvalue weighted by Crippen LogP contribution is -2.59. The number of hydrogen-bond donors (Lipinski definition) is 4. The van der Waals surface area contributed by atoms with Crippen molar-refractivity contribution in [3.63, 3.8) is 0 Å². The number of para-hydroxylation sites is 1. The van der Waals surface area contributed by atoms with Gasteiger partial charge < -0.3 is 15.5 Å². The second kappa shape index (κ2) is 15.6. The molecule has 0 fully saturated rings. The lowest BCUT2D eigenvalue weighted by molar-refractivity contribution is -0.142. The highest BCUT2D eigenvalue weighted by Crippen LogP contribution is 2.27. The van der Waals surface area contributed by atoms with E-state index in [0.29, 0.717) is 17.1 Å². The summed E-state index contributed by atoms with van der Waals surface area (Å²) < 4.78 is 29.2. The van der Waals surface area contributed by atoms with Crippen LogP contribution >= 0.6 is 0 Å². The molecule has 0 heterocycles. The van der Waals surface area contributed by atoms with Crippen LogP contribution in [0.1, 0.15) is 45.6 Å². The van der Waals surface area contributed by atoms with E-state index in [4.69, 9.17) is 0 Å². The standard InChI is InChI=1S/C33H41N3O7S/c1-33(2,3)30(32(41)36(28-15-8-5-9-16-28)44(42,43)34-21-22-37)35-31(40)27(23-29(38)39)14-10-11-24-17-19-26(20-18-24)25-12-6-4-7-13-25/h4-9,12-13,15-20,27,30,34,37H,10-11,14,21-23H2,1-3H3,(H,35,40)(H,38,39). The molecule has 11 heteroatoms. The quantitative estimate of drug-likeness (QED) is 0.198. The van der Waals surface area contributed by atoms with Gasteiger partial charge in [0.05, 0.1) is 18.7 Å². The summed E-state index contributed by atoms with van der Waals surface area (Å²) in [7, 11) is -4.45. The van der Waals surface area contributed by atoms with Crippen molar-refractivity contribution in [1.29, 1.82) is 0 Å². The van der Waals surface area contributed by atoms with Crippen molar-refractivity contribution in [2.45, 2.75) is 52.5 Å². The Hall–Kier alpha value is -4.06. The van der Waals surface area contributed by atoms with Crippen molar-refractivity contribution < 1.29 is 33.0 Å². The van der Waals surface area contributed by atoms with Crippen LogP contribution in [0.5, 0.6) is 0 Å². The van der Waals surface area contributed by atoms with Gasteiger partial charge in [0.2, 0.25) is 5.91 Å². The molecule has 0 saturated heterocycles. The normalized spacial score (nSPS) is 13.1. The summed E-state index contributed by atoms with van der Waals surface area (Å²) in [6.45, 7) is 4.24. The molecule has 0 saturated carbocycles. The Balaban J connectivity index is 1.78. The highest BCUT2D eigenvalue weighted by molar-refractivity contribution is 7.91. The molecule has 0 aliphatic rings. The second-order valence-electron chi connectivity index (χ2n) is 11.6. The largest absolute Gasteiger partial charge is 0.481 e. The molecule has 0 aliphatic carbocycles. The van der Waals surface area contributed by atoms with E-state index in [2.05, 4.69) is 10.0 Å². The van der Waals surface area contributed by atoms with Crippen molar-refractivity contribution in [2.75, 3.05) is 17.5 Å². The van der Waals surface area contributed by atoms with Gasteiger partial charge >= 0.3 is 16.2 Å². The van der Waals surface area contributed by atoms with Crippen molar-refractivity contribution in [1.82, 2.24) is 10.0 Å². The van der Waals surface area contributed by atoms with Crippen LogP contribution in [0.15, 0.2) is 84.9 Å². The zero-order chi connectivity index (χ0) is 32.3. The Morgan fingerprint density at radius 1 is 0.864 bits per heavy atom. The summed E-state index contributed by atoms with van der Waals surface area (Å²) in [5.74, 6) is -3.66. The third-order valence-corrected chi connectivity index (χ3v) is 8.54. The van der Waals surface area contributed by atoms with E-state index >= 15 is 0 Å². The fourth-order valence-corrected chi connectivity index (χ4v) is 6.02. The molecule has 3 rings (SSSR count). The molecule has 0 aliphatic heterocycles. The van der Waals surface area contributed by atoms with Crippen LogP contribution in [0, 0.1) is 11.3 Å². The summed E-state index contributed by atoms with van der Waals surface area (Å²) >= 11 is 0. The maximum Gasteiger partial charge on any atom is 0.308 e. The van der Waals surface area contributed by atoms with Gasteiger partial charge in [-0.1, -0.05) is 93.6 Å². The van der Waals surface area contributed by atoms with Gasteiger partial charge in [0.15, 0.2) is 0 Å². The summed E-state index contributed by atoms with van der Waals surface area (Å²) in [4.78, 5) is 39.1. The Morgan fingerprint density at radius 2 is 1.43 bits per heavy atom. The van der Waals surface area contributed by atoms with Gasteiger partial charge in [0.1, 0.15) is 6.04 Å².